The Kier molecular flexibility index (Phi) is 6.13. The van der Waals surface area contributed by atoms with Gasteiger partial charge in [-0.1, -0.05) is 56.3 Å². The van der Waals surface area contributed by atoms with Gasteiger partial charge in [-0.25, -0.2) is 5.43 Å². The third-order valence-electron chi connectivity index (χ3n) is 3.76. The van der Waals surface area contributed by atoms with Gasteiger partial charge in [-0.05, 0) is 42.0 Å². The zero-order valence-corrected chi connectivity index (χ0v) is 14.7. The minimum Gasteiger partial charge on any atom is -0.483 e. The number of aryl methyl sites for hydroxylation is 2. The van der Waals surface area contributed by atoms with E-state index in [-0.39, 0.29) is 12.5 Å². The normalized spacial score (nSPS) is 11.0. The van der Waals surface area contributed by atoms with Gasteiger partial charge in [0, 0.05) is 0 Å². The minimum atomic E-state index is -0.285. The third kappa shape index (κ3) is 4.95. The molecule has 0 atom stereocenters. The SMILES string of the molecule is Cc1cccc(C)c1OCC(=O)NN=Cc1ccc(C(C)C)cc1. The Bertz CT molecular complexity index is 699. The quantitative estimate of drug-likeness (QED) is 0.646. The first-order chi connectivity index (χ1) is 11.5. The molecule has 0 unspecified atom stereocenters. The first-order valence-electron chi connectivity index (χ1n) is 8.08. The Hall–Kier alpha value is -2.62. The maximum Gasteiger partial charge on any atom is 0.277 e. The highest BCUT2D eigenvalue weighted by Crippen LogP contribution is 2.22. The molecule has 0 saturated carbocycles. The summed E-state index contributed by atoms with van der Waals surface area (Å²) in [7, 11) is 0. The molecule has 0 aliphatic carbocycles. The zero-order valence-electron chi connectivity index (χ0n) is 14.7. The zero-order chi connectivity index (χ0) is 17.5. The Labute approximate surface area is 143 Å². The van der Waals surface area contributed by atoms with E-state index in [4.69, 9.17) is 4.74 Å². The van der Waals surface area contributed by atoms with Gasteiger partial charge in [0.05, 0.1) is 6.21 Å². The Morgan fingerprint density at radius 2 is 1.75 bits per heavy atom. The first kappa shape index (κ1) is 17.7. The van der Waals surface area contributed by atoms with Crippen LogP contribution in [-0.2, 0) is 4.79 Å². The lowest BCUT2D eigenvalue weighted by molar-refractivity contribution is -0.123. The van der Waals surface area contributed by atoms with Crippen LogP contribution in [0.15, 0.2) is 47.6 Å². The van der Waals surface area contributed by atoms with Crippen LogP contribution in [0.25, 0.3) is 0 Å². The topological polar surface area (TPSA) is 50.7 Å². The molecule has 4 nitrogen and oxygen atoms in total. The van der Waals surface area contributed by atoms with Gasteiger partial charge in [0.2, 0.25) is 0 Å². The number of nitrogens with zero attached hydrogens (tertiary/aromatic N) is 1. The predicted octanol–water partition coefficient (Wildman–Crippen LogP) is 3.96. The number of nitrogens with one attached hydrogen (secondary N) is 1. The second kappa shape index (κ2) is 8.29. The average Bonchev–Trinajstić information content (AvgIpc) is 2.55. The summed E-state index contributed by atoms with van der Waals surface area (Å²) in [6.45, 7) is 8.16. The van der Waals surface area contributed by atoms with E-state index in [1.54, 1.807) is 6.21 Å². The number of hydrazone groups is 1. The molecule has 0 aromatic heterocycles. The van der Waals surface area contributed by atoms with Gasteiger partial charge in [-0.2, -0.15) is 5.10 Å². The molecule has 2 aromatic rings. The minimum absolute atomic E-state index is 0.0602. The van der Waals surface area contributed by atoms with E-state index >= 15 is 0 Å². The molecule has 0 radical (unpaired) electrons. The highest BCUT2D eigenvalue weighted by molar-refractivity contribution is 5.83. The molecule has 2 rings (SSSR count). The summed E-state index contributed by atoms with van der Waals surface area (Å²) in [6.07, 6.45) is 1.63. The number of carbonyl (C=O) groups excluding carboxylic acids is 1. The van der Waals surface area contributed by atoms with Crippen molar-refractivity contribution in [3.05, 3.63) is 64.7 Å². The van der Waals surface area contributed by atoms with Crippen molar-refractivity contribution in [3.8, 4) is 5.75 Å². The van der Waals surface area contributed by atoms with Crippen LogP contribution >= 0.6 is 0 Å². The van der Waals surface area contributed by atoms with E-state index in [0.717, 1.165) is 22.4 Å². The summed E-state index contributed by atoms with van der Waals surface area (Å²) in [5.41, 5.74) is 6.72. The maximum absolute atomic E-state index is 11.8. The highest BCUT2D eigenvalue weighted by Gasteiger charge is 2.06. The molecule has 4 heteroatoms. The fraction of sp³-hybridized carbons (Fsp3) is 0.300. The lowest BCUT2D eigenvalue weighted by atomic mass is 10.0. The number of hydrogen-bond donors (Lipinski definition) is 1. The predicted molar refractivity (Wildman–Crippen MR) is 97.7 cm³/mol. The van der Waals surface area contributed by atoms with Crippen LogP contribution in [0, 0.1) is 13.8 Å². The van der Waals surface area contributed by atoms with E-state index in [1.807, 2.05) is 44.2 Å². The van der Waals surface area contributed by atoms with Crippen LogP contribution in [0.1, 0.15) is 42.0 Å². The molecule has 1 N–H and O–H groups in total. The molecule has 0 aliphatic rings. The van der Waals surface area contributed by atoms with E-state index < -0.39 is 0 Å². The van der Waals surface area contributed by atoms with Crippen LogP contribution in [-0.4, -0.2) is 18.7 Å². The molecule has 2 aromatic carbocycles. The summed E-state index contributed by atoms with van der Waals surface area (Å²) < 4.78 is 5.59. The fourth-order valence-corrected chi connectivity index (χ4v) is 2.34. The Morgan fingerprint density at radius 3 is 2.33 bits per heavy atom. The molecule has 0 saturated heterocycles. The summed E-state index contributed by atoms with van der Waals surface area (Å²) in [6, 6.07) is 14.0. The van der Waals surface area contributed by atoms with Gasteiger partial charge >= 0.3 is 0 Å². The van der Waals surface area contributed by atoms with Crippen molar-refractivity contribution in [1.82, 2.24) is 5.43 Å². The summed E-state index contributed by atoms with van der Waals surface area (Å²) in [5.74, 6) is 0.964. The number of para-hydroxylation sites is 1. The van der Waals surface area contributed by atoms with E-state index in [9.17, 15) is 4.79 Å². The first-order valence-corrected chi connectivity index (χ1v) is 8.08. The number of hydrogen-bond acceptors (Lipinski definition) is 3. The van der Waals surface area contributed by atoms with E-state index in [1.165, 1.54) is 5.56 Å². The molecule has 126 valence electrons. The monoisotopic (exact) mass is 324 g/mol. The van der Waals surface area contributed by atoms with Crippen molar-refractivity contribution < 1.29 is 9.53 Å². The fourth-order valence-electron chi connectivity index (χ4n) is 2.34. The van der Waals surface area contributed by atoms with Gasteiger partial charge in [0.1, 0.15) is 5.75 Å². The number of carbonyl (C=O) groups is 1. The molecule has 0 fully saturated rings. The summed E-state index contributed by atoms with van der Waals surface area (Å²) in [5, 5.41) is 3.97. The second-order valence-electron chi connectivity index (χ2n) is 6.12. The molecule has 0 spiro atoms. The highest BCUT2D eigenvalue weighted by atomic mass is 16.5. The van der Waals surface area contributed by atoms with Crippen LogP contribution < -0.4 is 10.2 Å². The Morgan fingerprint density at radius 1 is 1.12 bits per heavy atom. The summed E-state index contributed by atoms with van der Waals surface area (Å²) in [4.78, 5) is 11.8. The number of rotatable bonds is 6. The third-order valence-corrected chi connectivity index (χ3v) is 3.76. The van der Waals surface area contributed by atoms with Crippen LogP contribution in [0.3, 0.4) is 0 Å². The van der Waals surface area contributed by atoms with Crippen LogP contribution in [0.4, 0.5) is 0 Å². The molecule has 24 heavy (non-hydrogen) atoms. The van der Waals surface area contributed by atoms with Gasteiger partial charge in [-0.15, -0.1) is 0 Å². The second-order valence-corrected chi connectivity index (χ2v) is 6.12. The van der Waals surface area contributed by atoms with Crippen LogP contribution in [0.2, 0.25) is 0 Å². The molecule has 1 amide bonds. The number of amides is 1. The molecule has 0 aliphatic heterocycles. The van der Waals surface area contributed by atoms with Gasteiger partial charge in [0.25, 0.3) is 5.91 Å². The lowest BCUT2D eigenvalue weighted by Crippen LogP contribution is -2.25. The van der Waals surface area contributed by atoms with Gasteiger partial charge in [0.15, 0.2) is 6.61 Å². The van der Waals surface area contributed by atoms with Crippen molar-refractivity contribution in [2.45, 2.75) is 33.6 Å². The van der Waals surface area contributed by atoms with Gasteiger partial charge in [-0.3, -0.25) is 4.79 Å². The lowest BCUT2D eigenvalue weighted by Gasteiger charge is -2.10. The van der Waals surface area contributed by atoms with Crippen molar-refractivity contribution in [2.24, 2.45) is 5.10 Å². The molecule has 0 bridgehead atoms. The number of ether oxygens (including phenoxy) is 1. The smallest absolute Gasteiger partial charge is 0.277 e. The molecular formula is C20H24N2O2. The largest absolute Gasteiger partial charge is 0.483 e. The van der Waals surface area contributed by atoms with Crippen molar-refractivity contribution in [3.63, 3.8) is 0 Å². The van der Waals surface area contributed by atoms with Crippen LogP contribution in [0.5, 0.6) is 5.75 Å². The maximum atomic E-state index is 11.8. The average molecular weight is 324 g/mol. The van der Waals surface area contributed by atoms with E-state index in [2.05, 4.69) is 36.5 Å². The molecular weight excluding hydrogens is 300 g/mol. The van der Waals surface area contributed by atoms with E-state index in [0.29, 0.717) is 5.92 Å². The van der Waals surface area contributed by atoms with Crippen molar-refractivity contribution >= 4 is 12.1 Å². The standard InChI is InChI=1S/C20H24N2O2/c1-14(2)18-10-8-17(9-11-18)12-21-22-19(23)13-24-20-15(3)6-5-7-16(20)4/h5-12,14H,13H2,1-4H3,(H,22,23). The van der Waals surface area contributed by atoms with Crippen molar-refractivity contribution in [2.75, 3.05) is 6.61 Å². The van der Waals surface area contributed by atoms with Gasteiger partial charge < -0.3 is 4.74 Å². The number of benzene rings is 2. The molecule has 0 heterocycles. The van der Waals surface area contributed by atoms with Crippen molar-refractivity contribution in [1.29, 1.82) is 0 Å². The summed E-state index contributed by atoms with van der Waals surface area (Å²) >= 11 is 0. The Balaban J connectivity index is 1.84.